The summed E-state index contributed by atoms with van der Waals surface area (Å²) in [5.74, 6) is 1.28. The summed E-state index contributed by atoms with van der Waals surface area (Å²) in [6.07, 6.45) is 1.13. The first-order valence-electron chi connectivity index (χ1n) is 4.09. The molecule has 1 aromatic rings. The third kappa shape index (κ3) is 1.61. The Kier molecular flexibility index (Phi) is 2.57. The lowest BCUT2D eigenvalue weighted by atomic mass is 9.99. The quantitative estimate of drug-likeness (QED) is 0.679. The Hall–Kier alpha value is 0.570. The molecule has 0 aliphatic heterocycles. The minimum absolute atomic E-state index is 0.183. The van der Waals surface area contributed by atoms with E-state index in [1.54, 1.807) is 0 Å². The highest BCUT2D eigenvalue weighted by Gasteiger charge is 2.51. The van der Waals surface area contributed by atoms with Crippen LogP contribution in [0.15, 0.2) is 6.07 Å². The molecule has 1 heterocycles. The number of hydrogen-bond acceptors (Lipinski definition) is 1. The van der Waals surface area contributed by atoms with Crippen LogP contribution < -0.4 is 0 Å². The molecule has 0 bridgehead atoms. The van der Waals surface area contributed by atoms with Crippen molar-refractivity contribution in [2.24, 2.45) is 5.92 Å². The molecule has 2 rings (SSSR count). The predicted molar refractivity (Wildman–Crippen MR) is 60.5 cm³/mol. The van der Waals surface area contributed by atoms with E-state index in [9.17, 15) is 0 Å². The molecule has 2 atom stereocenters. The highest BCUT2D eigenvalue weighted by Crippen LogP contribution is 2.57. The molecule has 1 aromatic heterocycles. The van der Waals surface area contributed by atoms with Crippen molar-refractivity contribution in [3.63, 3.8) is 0 Å². The molecule has 72 valence electrons. The van der Waals surface area contributed by atoms with Crippen LogP contribution >= 0.6 is 46.1 Å². The van der Waals surface area contributed by atoms with Crippen LogP contribution in [-0.2, 0) is 5.41 Å². The summed E-state index contributed by atoms with van der Waals surface area (Å²) in [5, 5.41) is 0. The van der Waals surface area contributed by atoms with Gasteiger partial charge in [-0.15, -0.1) is 22.9 Å². The van der Waals surface area contributed by atoms with Crippen LogP contribution in [0.3, 0.4) is 0 Å². The maximum atomic E-state index is 6.08. The summed E-state index contributed by atoms with van der Waals surface area (Å²) >= 11 is 19.2. The van der Waals surface area contributed by atoms with Crippen molar-refractivity contribution in [2.75, 3.05) is 5.88 Å². The Bertz CT molecular complexity index is 334. The molecule has 0 amide bonds. The Morgan fingerprint density at radius 2 is 2.31 bits per heavy atom. The standard InChI is InChI=1S/C9H9Cl3S/c1-9(3-5(9)4-10)6-2-7(11)13-8(6)12/h2,5H,3-4H2,1H3. The second-order valence-electron chi connectivity index (χ2n) is 3.71. The lowest BCUT2D eigenvalue weighted by molar-refractivity contribution is 0.709. The monoisotopic (exact) mass is 254 g/mol. The van der Waals surface area contributed by atoms with Gasteiger partial charge in [0.1, 0.15) is 0 Å². The van der Waals surface area contributed by atoms with Crippen LogP contribution in [0.25, 0.3) is 0 Å². The number of hydrogen-bond donors (Lipinski definition) is 0. The van der Waals surface area contributed by atoms with Crippen molar-refractivity contribution < 1.29 is 0 Å². The fourth-order valence-corrected chi connectivity index (χ4v) is 3.92. The largest absolute Gasteiger partial charge is 0.126 e. The van der Waals surface area contributed by atoms with Gasteiger partial charge >= 0.3 is 0 Å². The minimum atomic E-state index is 0.183. The van der Waals surface area contributed by atoms with Crippen LogP contribution in [0.4, 0.5) is 0 Å². The molecule has 0 spiro atoms. The van der Waals surface area contributed by atoms with Crippen molar-refractivity contribution in [3.05, 3.63) is 20.3 Å². The van der Waals surface area contributed by atoms with Crippen molar-refractivity contribution in [3.8, 4) is 0 Å². The molecule has 1 fully saturated rings. The van der Waals surface area contributed by atoms with E-state index in [-0.39, 0.29) is 5.41 Å². The molecule has 0 aromatic carbocycles. The predicted octanol–water partition coefficient (Wildman–Crippen LogP) is 4.57. The Labute approximate surface area is 96.8 Å². The van der Waals surface area contributed by atoms with Gasteiger partial charge in [0.25, 0.3) is 0 Å². The zero-order chi connectivity index (χ0) is 9.64. The van der Waals surface area contributed by atoms with Gasteiger partial charge in [0, 0.05) is 5.88 Å². The zero-order valence-electron chi connectivity index (χ0n) is 7.11. The van der Waals surface area contributed by atoms with Crippen LogP contribution in [-0.4, -0.2) is 5.88 Å². The first-order valence-corrected chi connectivity index (χ1v) is 6.20. The Morgan fingerprint density at radius 1 is 1.62 bits per heavy atom. The van der Waals surface area contributed by atoms with Gasteiger partial charge in [-0.1, -0.05) is 30.1 Å². The first kappa shape index (κ1) is 10.1. The molecule has 4 heteroatoms. The van der Waals surface area contributed by atoms with Crippen LogP contribution in [0.2, 0.25) is 8.67 Å². The van der Waals surface area contributed by atoms with E-state index in [1.165, 1.54) is 16.9 Å². The van der Waals surface area contributed by atoms with Gasteiger partial charge in [-0.2, -0.15) is 0 Å². The van der Waals surface area contributed by atoms with Gasteiger partial charge in [0.15, 0.2) is 0 Å². The Balaban J connectivity index is 2.32. The second-order valence-corrected chi connectivity index (χ2v) is 6.30. The van der Waals surface area contributed by atoms with Gasteiger partial charge < -0.3 is 0 Å². The van der Waals surface area contributed by atoms with Crippen LogP contribution in [0.5, 0.6) is 0 Å². The van der Waals surface area contributed by atoms with Gasteiger partial charge in [0.2, 0.25) is 0 Å². The molecule has 2 unspecified atom stereocenters. The fourth-order valence-electron chi connectivity index (χ4n) is 1.74. The van der Waals surface area contributed by atoms with E-state index in [1.807, 2.05) is 6.07 Å². The summed E-state index contributed by atoms with van der Waals surface area (Å²) in [6.45, 7) is 2.20. The number of alkyl halides is 1. The van der Waals surface area contributed by atoms with Crippen molar-refractivity contribution in [2.45, 2.75) is 18.8 Å². The highest BCUT2D eigenvalue weighted by molar-refractivity contribution is 7.20. The van der Waals surface area contributed by atoms with Crippen molar-refractivity contribution >= 4 is 46.1 Å². The third-order valence-corrected chi connectivity index (χ3v) is 4.73. The number of halogens is 3. The minimum Gasteiger partial charge on any atom is -0.126 e. The molecule has 1 aliphatic carbocycles. The average molecular weight is 256 g/mol. The Morgan fingerprint density at radius 3 is 2.69 bits per heavy atom. The lowest BCUT2D eigenvalue weighted by Gasteiger charge is -2.08. The third-order valence-electron chi connectivity index (χ3n) is 2.87. The number of thiophene rings is 1. The molecule has 1 saturated carbocycles. The van der Waals surface area contributed by atoms with Gasteiger partial charge in [0.05, 0.1) is 8.67 Å². The summed E-state index contributed by atoms with van der Waals surface area (Å²) in [7, 11) is 0. The normalized spacial score (nSPS) is 32.2. The average Bonchev–Trinajstić information content (AvgIpc) is 2.61. The van der Waals surface area contributed by atoms with Crippen LogP contribution in [0.1, 0.15) is 18.9 Å². The summed E-state index contributed by atoms with van der Waals surface area (Å²) < 4.78 is 1.58. The summed E-state index contributed by atoms with van der Waals surface area (Å²) in [5.41, 5.74) is 1.36. The number of rotatable bonds is 2. The van der Waals surface area contributed by atoms with Gasteiger partial charge in [-0.25, -0.2) is 0 Å². The topological polar surface area (TPSA) is 0 Å². The first-order chi connectivity index (χ1) is 6.08. The molecule has 1 aliphatic rings. The summed E-state index contributed by atoms with van der Waals surface area (Å²) in [4.78, 5) is 0. The molecule has 0 nitrogen and oxygen atoms in total. The molecule has 0 radical (unpaired) electrons. The van der Waals surface area contributed by atoms with E-state index in [0.717, 1.165) is 15.1 Å². The second kappa shape index (κ2) is 3.30. The van der Waals surface area contributed by atoms with E-state index in [0.29, 0.717) is 11.8 Å². The van der Waals surface area contributed by atoms with E-state index in [4.69, 9.17) is 34.8 Å². The smallest absolute Gasteiger partial charge is 0.0981 e. The SMILES string of the molecule is CC1(c2cc(Cl)sc2Cl)CC1CCl. The molecular formula is C9H9Cl3S. The molecular weight excluding hydrogens is 247 g/mol. The zero-order valence-corrected chi connectivity index (χ0v) is 10.2. The molecule has 13 heavy (non-hydrogen) atoms. The van der Waals surface area contributed by atoms with E-state index in [2.05, 4.69) is 6.92 Å². The van der Waals surface area contributed by atoms with E-state index < -0.39 is 0 Å². The fraction of sp³-hybridized carbons (Fsp3) is 0.556. The van der Waals surface area contributed by atoms with Gasteiger partial charge in [-0.3, -0.25) is 0 Å². The van der Waals surface area contributed by atoms with Crippen molar-refractivity contribution in [1.29, 1.82) is 0 Å². The molecule has 0 N–H and O–H groups in total. The maximum Gasteiger partial charge on any atom is 0.0981 e. The van der Waals surface area contributed by atoms with Crippen molar-refractivity contribution in [1.82, 2.24) is 0 Å². The summed E-state index contributed by atoms with van der Waals surface area (Å²) in [6, 6.07) is 1.97. The molecule has 0 saturated heterocycles. The lowest BCUT2D eigenvalue weighted by Crippen LogP contribution is -2.03. The van der Waals surface area contributed by atoms with Gasteiger partial charge in [-0.05, 0) is 29.4 Å². The maximum absolute atomic E-state index is 6.08. The van der Waals surface area contributed by atoms with Crippen LogP contribution in [0, 0.1) is 5.92 Å². The highest BCUT2D eigenvalue weighted by atomic mass is 35.5. The van der Waals surface area contributed by atoms with E-state index >= 15 is 0 Å².